The Labute approximate surface area is 274 Å². The van der Waals surface area contributed by atoms with Crippen LogP contribution in [0.2, 0.25) is 0 Å². The molecule has 2 atom stereocenters. The van der Waals surface area contributed by atoms with Gasteiger partial charge < -0.3 is 14.6 Å². The lowest BCUT2D eigenvalue weighted by Crippen LogP contribution is -2.29. The lowest BCUT2D eigenvalue weighted by molar-refractivity contribution is -0.132. The van der Waals surface area contributed by atoms with Crippen LogP contribution in [0.3, 0.4) is 0 Å². The van der Waals surface area contributed by atoms with Crippen LogP contribution >= 0.6 is 23.1 Å². The average molecular weight is 650 g/mol. The van der Waals surface area contributed by atoms with Crippen LogP contribution in [0.5, 0.6) is 11.5 Å². The maximum atomic E-state index is 13.8. The Hall–Kier alpha value is -4.67. The van der Waals surface area contributed by atoms with Crippen molar-refractivity contribution < 1.29 is 24.2 Å². The van der Waals surface area contributed by atoms with Crippen LogP contribution in [-0.4, -0.2) is 39.7 Å². The number of anilines is 1. The standard InChI is InChI=1S/C36H31N3O5S2/c1-3-16-43-27-12-7-10-23(19-27)31-30(32(40)24-14-15-29-26(18-24)17-21(2)44-29)33(41)34(42)39(31)35-37-38-36(46-35)45-20-25-11-6-9-22-8-4-5-13-28(22)25/h4-15,18-19,21,31,40H,3,16-17,20H2,1-2H3/t21-,31-/m0/s1. The van der Waals surface area contributed by atoms with Gasteiger partial charge in [0.15, 0.2) is 4.34 Å². The van der Waals surface area contributed by atoms with Crippen molar-refractivity contribution in [3.8, 4) is 11.5 Å². The van der Waals surface area contributed by atoms with Crippen molar-refractivity contribution in [3.05, 3.63) is 113 Å². The quantitative estimate of drug-likeness (QED) is 0.0570. The molecule has 1 fully saturated rings. The van der Waals surface area contributed by atoms with Gasteiger partial charge in [-0.1, -0.05) is 84.6 Å². The average Bonchev–Trinajstić information content (AvgIpc) is 3.77. The van der Waals surface area contributed by atoms with Gasteiger partial charge in [0.05, 0.1) is 18.2 Å². The van der Waals surface area contributed by atoms with Crippen LogP contribution in [0.15, 0.2) is 94.8 Å². The van der Waals surface area contributed by atoms with Crippen LogP contribution in [-0.2, 0) is 21.8 Å². The number of Topliss-reactive ketones (excluding diaryl/α,β-unsaturated/α-hetero) is 1. The number of fused-ring (bicyclic) bond motifs is 2. The van der Waals surface area contributed by atoms with Gasteiger partial charge in [-0.2, -0.15) is 0 Å². The number of hydrogen-bond acceptors (Lipinski definition) is 9. The predicted octanol–water partition coefficient (Wildman–Crippen LogP) is 7.72. The second kappa shape index (κ2) is 12.6. The minimum Gasteiger partial charge on any atom is -0.507 e. The topological polar surface area (TPSA) is 102 Å². The van der Waals surface area contributed by atoms with Crippen molar-refractivity contribution in [2.24, 2.45) is 0 Å². The summed E-state index contributed by atoms with van der Waals surface area (Å²) in [6.45, 7) is 4.52. The first-order valence-electron chi connectivity index (χ1n) is 15.2. The van der Waals surface area contributed by atoms with E-state index in [2.05, 4.69) is 34.5 Å². The van der Waals surface area contributed by atoms with Crippen LogP contribution in [0.25, 0.3) is 16.5 Å². The van der Waals surface area contributed by atoms with E-state index in [0.717, 1.165) is 23.1 Å². The molecule has 232 valence electrons. The Morgan fingerprint density at radius 2 is 1.87 bits per heavy atom. The number of rotatable bonds is 9. The monoisotopic (exact) mass is 649 g/mol. The Balaban J connectivity index is 1.26. The van der Waals surface area contributed by atoms with E-state index < -0.39 is 17.7 Å². The van der Waals surface area contributed by atoms with Crippen molar-refractivity contribution >= 4 is 56.5 Å². The normalized spacial score (nSPS) is 18.6. The number of aromatic nitrogens is 2. The number of aliphatic hydroxyl groups excluding tert-OH is 1. The van der Waals surface area contributed by atoms with E-state index in [-0.39, 0.29) is 22.6 Å². The van der Waals surface area contributed by atoms with Crippen LogP contribution in [0, 0.1) is 0 Å². The summed E-state index contributed by atoms with van der Waals surface area (Å²) in [5, 5.41) is 23.1. The van der Waals surface area contributed by atoms with Gasteiger partial charge in [0.1, 0.15) is 23.4 Å². The second-order valence-electron chi connectivity index (χ2n) is 11.3. The molecule has 7 rings (SSSR count). The Morgan fingerprint density at radius 1 is 1.04 bits per heavy atom. The zero-order valence-corrected chi connectivity index (χ0v) is 26.9. The van der Waals surface area contributed by atoms with Gasteiger partial charge in [-0.3, -0.25) is 14.5 Å². The highest BCUT2D eigenvalue weighted by atomic mass is 32.2. The van der Waals surface area contributed by atoms with Gasteiger partial charge in [-0.25, -0.2) is 0 Å². The van der Waals surface area contributed by atoms with Crippen LogP contribution in [0.4, 0.5) is 5.13 Å². The van der Waals surface area contributed by atoms with Crippen molar-refractivity contribution in [1.29, 1.82) is 0 Å². The first-order valence-corrected chi connectivity index (χ1v) is 17.0. The summed E-state index contributed by atoms with van der Waals surface area (Å²) in [7, 11) is 0. The van der Waals surface area contributed by atoms with Crippen molar-refractivity contribution in [2.45, 2.75) is 48.9 Å². The smallest absolute Gasteiger partial charge is 0.301 e. The lowest BCUT2D eigenvalue weighted by Gasteiger charge is -2.23. The molecule has 3 heterocycles. The van der Waals surface area contributed by atoms with E-state index >= 15 is 0 Å². The summed E-state index contributed by atoms with van der Waals surface area (Å²) in [5.74, 6) is 0.221. The van der Waals surface area contributed by atoms with Crippen LogP contribution < -0.4 is 14.4 Å². The summed E-state index contributed by atoms with van der Waals surface area (Å²) >= 11 is 2.77. The lowest BCUT2D eigenvalue weighted by atomic mass is 9.94. The zero-order valence-electron chi connectivity index (χ0n) is 25.3. The van der Waals surface area contributed by atoms with E-state index in [1.165, 1.54) is 38.9 Å². The molecule has 2 aliphatic heterocycles. The van der Waals surface area contributed by atoms with E-state index in [1.54, 1.807) is 12.1 Å². The molecule has 0 radical (unpaired) electrons. The molecule has 0 spiro atoms. The summed E-state index contributed by atoms with van der Waals surface area (Å²) in [6, 6.07) is 26.1. The highest BCUT2D eigenvalue weighted by molar-refractivity contribution is 8.00. The molecule has 0 bridgehead atoms. The Kier molecular flexibility index (Phi) is 8.23. The summed E-state index contributed by atoms with van der Waals surface area (Å²) in [4.78, 5) is 28.9. The number of amides is 1. The summed E-state index contributed by atoms with van der Waals surface area (Å²) < 4.78 is 12.4. The largest absolute Gasteiger partial charge is 0.507 e. The molecule has 5 aromatic rings. The van der Waals surface area contributed by atoms with Gasteiger partial charge in [0.2, 0.25) is 5.13 Å². The number of ether oxygens (including phenoxy) is 2. The van der Waals surface area contributed by atoms with Gasteiger partial charge in [0, 0.05) is 17.7 Å². The number of carbonyl (C=O) groups excluding carboxylic acids is 2. The van der Waals surface area contributed by atoms with Crippen molar-refractivity contribution in [1.82, 2.24) is 10.2 Å². The number of hydrogen-bond donors (Lipinski definition) is 1. The molecule has 1 aromatic heterocycles. The fourth-order valence-corrected chi connectivity index (χ4v) is 7.85. The number of aliphatic hydroxyl groups is 1. The van der Waals surface area contributed by atoms with Gasteiger partial charge in [-0.15, -0.1) is 10.2 Å². The highest BCUT2D eigenvalue weighted by Gasteiger charge is 2.48. The Morgan fingerprint density at radius 3 is 2.74 bits per heavy atom. The molecule has 0 unspecified atom stereocenters. The molecule has 0 aliphatic carbocycles. The summed E-state index contributed by atoms with van der Waals surface area (Å²) in [6.07, 6.45) is 1.54. The molecular weight excluding hydrogens is 619 g/mol. The minimum atomic E-state index is -0.933. The predicted molar refractivity (Wildman–Crippen MR) is 181 cm³/mol. The van der Waals surface area contributed by atoms with E-state index in [0.29, 0.717) is 40.0 Å². The number of benzene rings is 4. The van der Waals surface area contributed by atoms with E-state index in [1.807, 2.05) is 62.4 Å². The SMILES string of the molecule is CCCOc1cccc([C@H]2C(=C(O)c3ccc4c(c3)C[C@H](C)O4)C(=O)C(=O)N2c2nnc(SCc3cccc4ccccc34)s2)c1. The molecule has 1 saturated heterocycles. The zero-order chi connectivity index (χ0) is 31.8. The van der Waals surface area contributed by atoms with Gasteiger partial charge in [-0.05, 0) is 71.1 Å². The third-order valence-corrected chi connectivity index (χ3v) is 10.2. The van der Waals surface area contributed by atoms with E-state index in [4.69, 9.17) is 9.47 Å². The maximum Gasteiger partial charge on any atom is 0.301 e. The highest BCUT2D eigenvalue weighted by Crippen LogP contribution is 2.45. The molecule has 1 N–H and O–H groups in total. The number of carbonyl (C=O) groups is 2. The number of ketones is 1. The van der Waals surface area contributed by atoms with Crippen molar-refractivity contribution in [2.75, 3.05) is 11.5 Å². The third-order valence-electron chi connectivity index (χ3n) is 8.09. The van der Waals surface area contributed by atoms with Crippen molar-refractivity contribution in [3.63, 3.8) is 0 Å². The Bertz CT molecular complexity index is 2000. The van der Waals surface area contributed by atoms with Gasteiger partial charge in [0.25, 0.3) is 5.78 Å². The molecule has 10 heteroatoms. The molecular formula is C36H31N3O5S2. The van der Waals surface area contributed by atoms with Gasteiger partial charge >= 0.3 is 5.91 Å². The molecule has 4 aromatic carbocycles. The fraction of sp³-hybridized carbons (Fsp3) is 0.222. The molecule has 46 heavy (non-hydrogen) atoms. The maximum absolute atomic E-state index is 13.8. The molecule has 1 amide bonds. The molecule has 2 aliphatic rings. The summed E-state index contributed by atoms with van der Waals surface area (Å²) in [5.41, 5.74) is 3.16. The number of thioether (sulfide) groups is 1. The van der Waals surface area contributed by atoms with Crippen LogP contribution in [0.1, 0.15) is 48.6 Å². The fourth-order valence-electron chi connectivity index (χ4n) is 5.98. The first-order chi connectivity index (χ1) is 22.4. The third kappa shape index (κ3) is 5.63. The second-order valence-corrected chi connectivity index (χ2v) is 13.5. The molecule has 0 saturated carbocycles. The van der Waals surface area contributed by atoms with E-state index in [9.17, 15) is 14.7 Å². The number of nitrogens with zero attached hydrogens (tertiary/aromatic N) is 3. The first kappa shape index (κ1) is 30.0. The minimum absolute atomic E-state index is 0.00952. The molecule has 8 nitrogen and oxygen atoms in total.